The van der Waals surface area contributed by atoms with Crippen molar-refractivity contribution in [3.8, 4) is 0 Å². The normalized spacial score (nSPS) is 18.3. The minimum absolute atomic E-state index is 0.0573. The lowest BCUT2D eigenvalue weighted by atomic mass is 9.86. The van der Waals surface area contributed by atoms with E-state index in [1.807, 2.05) is 0 Å². The van der Waals surface area contributed by atoms with Gasteiger partial charge in [0.05, 0.1) is 6.20 Å². The van der Waals surface area contributed by atoms with Crippen LogP contribution >= 0.6 is 0 Å². The summed E-state index contributed by atoms with van der Waals surface area (Å²) in [6.45, 7) is 0. The van der Waals surface area contributed by atoms with Gasteiger partial charge in [0.25, 0.3) is 5.89 Å². The largest absolute Gasteiger partial charge is 0.442 e. The summed E-state index contributed by atoms with van der Waals surface area (Å²) in [6.07, 6.45) is 9.82. The van der Waals surface area contributed by atoms with Gasteiger partial charge in [-0.2, -0.15) is 0 Å². The van der Waals surface area contributed by atoms with Crippen molar-refractivity contribution < 1.29 is 9.21 Å². The minimum Gasteiger partial charge on any atom is -0.442 e. The van der Waals surface area contributed by atoms with Crippen molar-refractivity contribution in [2.24, 2.45) is 5.92 Å². The second-order valence-electron chi connectivity index (χ2n) is 3.97. The molecule has 0 spiro atoms. The maximum Gasteiger partial charge on any atom is 0.263 e. The topological polar surface area (TPSA) is 43.1 Å². The number of Topliss-reactive ketones (excluding diaryl/α,β-unsaturated/α-hetero) is 1. The van der Waals surface area contributed by atoms with E-state index in [1.54, 1.807) is 0 Å². The van der Waals surface area contributed by atoms with Crippen LogP contribution in [0.5, 0.6) is 0 Å². The zero-order valence-electron chi connectivity index (χ0n) is 8.24. The molecule has 0 amide bonds. The van der Waals surface area contributed by atoms with E-state index >= 15 is 0 Å². The first-order chi connectivity index (χ1) is 6.86. The van der Waals surface area contributed by atoms with E-state index in [9.17, 15) is 4.79 Å². The number of rotatable bonds is 3. The summed E-state index contributed by atoms with van der Waals surface area (Å²) >= 11 is 0. The van der Waals surface area contributed by atoms with Crippen molar-refractivity contribution in [1.29, 1.82) is 0 Å². The molecule has 0 aliphatic heterocycles. The smallest absolute Gasteiger partial charge is 0.263 e. The molecule has 76 valence electrons. The highest BCUT2D eigenvalue weighted by Crippen LogP contribution is 2.27. The van der Waals surface area contributed by atoms with Crippen molar-refractivity contribution in [3.63, 3.8) is 0 Å². The Labute approximate surface area is 83.5 Å². The monoisotopic (exact) mass is 193 g/mol. The van der Waals surface area contributed by atoms with E-state index in [0.29, 0.717) is 12.3 Å². The van der Waals surface area contributed by atoms with Gasteiger partial charge in [0.1, 0.15) is 6.26 Å². The lowest BCUT2D eigenvalue weighted by Gasteiger charge is -2.19. The molecule has 3 nitrogen and oxygen atoms in total. The first-order valence-electron chi connectivity index (χ1n) is 5.29. The van der Waals surface area contributed by atoms with Crippen LogP contribution < -0.4 is 0 Å². The third-order valence-electron chi connectivity index (χ3n) is 2.87. The summed E-state index contributed by atoms with van der Waals surface area (Å²) in [6, 6.07) is 0. The van der Waals surface area contributed by atoms with Crippen LogP contribution in [0.3, 0.4) is 0 Å². The highest BCUT2D eigenvalue weighted by atomic mass is 16.3. The van der Waals surface area contributed by atoms with Crippen LogP contribution in [0.1, 0.15) is 49.2 Å². The third-order valence-corrected chi connectivity index (χ3v) is 2.87. The fourth-order valence-corrected chi connectivity index (χ4v) is 2.10. The Bertz CT molecular complexity index is 286. The van der Waals surface area contributed by atoms with Gasteiger partial charge in [0.2, 0.25) is 5.78 Å². The van der Waals surface area contributed by atoms with Crippen molar-refractivity contribution in [3.05, 3.63) is 18.4 Å². The van der Waals surface area contributed by atoms with Gasteiger partial charge < -0.3 is 4.42 Å². The number of carbonyl (C=O) groups is 1. The Balaban J connectivity index is 1.87. The first kappa shape index (κ1) is 9.44. The van der Waals surface area contributed by atoms with E-state index in [2.05, 4.69) is 4.98 Å². The van der Waals surface area contributed by atoms with Gasteiger partial charge in [-0.1, -0.05) is 32.1 Å². The molecule has 0 saturated heterocycles. The van der Waals surface area contributed by atoms with Gasteiger partial charge in [0.15, 0.2) is 0 Å². The fourth-order valence-electron chi connectivity index (χ4n) is 2.10. The standard InChI is InChI=1S/C11H15NO2/c13-10(11-12-6-7-14-11)8-9-4-2-1-3-5-9/h6-7,9H,1-5,8H2. The maximum absolute atomic E-state index is 11.6. The SMILES string of the molecule is O=C(CC1CCCCC1)c1ncco1. The van der Waals surface area contributed by atoms with E-state index in [-0.39, 0.29) is 11.7 Å². The fraction of sp³-hybridized carbons (Fsp3) is 0.636. The highest BCUT2D eigenvalue weighted by molar-refractivity contribution is 5.91. The van der Waals surface area contributed by atoms with Crippen molar-refractivity contribution in [1.82, 2.24) is 4.98 Å². The number of carbonyl (C=O) groups excluding carboxylic acids is 1. The van der Waals surface area contributed by atoms with Crippen LogP contribution in [0.2, 0.25) is 0 Å². The summed E-state index contributed by atoms with van der Waals surface area (Å²) in [5.74, 6) is 0.889. The summed E-state index contributed by atoms with van der Waals surface area (Å²) in [4.78, 5) is 15.5. The van der Waals surface area contributed by atoms with Crippen LogP contribution in [0.4, 0.5) is 0 Å². The molecule has 0 radical (unpaired) electrons. The van der Waals surface area contributed by atoms with Crippen molar-refractivity contribution >= 4 is 5.78 Å². The summed E-state index contributed by atoms with van der Waals surface area (Å²) < 4.78 is 4.98. The van der Waals surface area contributed by atoms with Crippen LogP contribution in [0.25, 0.3) is 0 Å². The molecule has 1 fully saturated rings. The predicted molar refractivity (Wildman–Crippen MR) is 52.0 cm³/mol. The van der Waals surface area contributed by atoms with E-state index in [1.165, 1.54) is 44.6 Å². The Morgan fingerprint density at radius 1 is 1.43 bits per heavy atom. The molecule has 1 aliphatic rings. The lowest BCUT2D eigenvalue weighted by Crippen LogP contribution is -2.12. The molecule has 0 N–H and O–H groups in total. The number of hydrogen-bond acceptors (Lipinski definition) is 3. The molecular formula is C11H15NO2. The van der Waals surface area contributed by atoms with Crippen LogP contribution in [0.15, 0.2) is 16.9 Å². The molecule has 0 unspecified atom stereocenters. The Kier molecular flexibility index (Phi) is 2.96. The number of hydrogen-bond donors (Lipinski definition) is 0. The summed E-state index contributed by atoms with van der Waals surface area (Å²) in [5, 5.41) is 0. The highest BCUT2D eigenvalue weighted by Gasteiger charge is 2.19. The zero-order valence-corrected chi connectivity index (χ0v) is 8.24. The molecule has 1 aromatic heterocycles. The zero-order chi connectivity index (χ0) is 9.80. The molecular weight excluding hydrogens is 178 g/mol. The van der Waals surface area contributed by atoms with Gasteiger partial charge in [0, 0.05) is 6.42 Å². The second-order valence-corrected chi connectivity index (χ2v) is 3.97. The van der Waals surface area contributed by atoms with Gasteiger partial charge in [-0.05, 0) is 5.92 Å². The molecule has 2 rings (SSSR count). The van der Waals surface area contributed by atoms with Crippen LogP contribution in [-0.2, 0) is 0 Å². The van der Waals surface area contributed by atoms with Crippen molar-refractivity contribution in [2.75, 3.05) is 0 Å². The minimum atomic E-state index is 0.0573. The maximum atomic E-state index is 11.6. The third kappa shape index (κ3) is 2.22. The van der Waals surface area contributed by atoms with Gasteiger partial charge in [-0.3, -0.25) is 4.79 Å². The molecule has 1 aromatic rings. The molecule has 0 bridgehead atoms. The van der Waals surface area contributed by atoms with Crippen LogP contribution in [-0.4, -0.2) is 10.8 Å². The number of aromatic nitrogens is 1. The van der Waals surface area contributed by atoms with E-state index in [4.69, 9.17) is 4.42 Å². The molecule has 1 heterocycles. The average molecular weight is 193 g/mol. The molecule has 1 aliphatic carbocycles. The number of oxazole rings is 1. The molecule has 0 aromatic carbocycles. The summed E-state index contributed by atoms with van der Waals surface area (Å²) in [7, 11) is 0. The molecule has 0 atom stereocenters. The number of nitrogens with zero attached hydrogens (tertiary/aromatic N) is 1. The summed E-state index contributed by atoms with van der Waals surface area (Å²) in [5.41, 5.74) is 0. The first-order valence-corrected chi connectivity index (χ1v) is 5.29. The quantitative estimate of drug-likeness (QED) is 0.693. The van der Waals surface area contributed by atoms with E-state index < -0.39 is 0 Å². The second kappa shape index (κ2) is 4.40. The Morgan fingerprint density at radius 2 is 2.21 bits per heavy atom. The molecule has 14 heavy (non-hydrogen) atoms. The lowest BCUT2D eigenvalue weighted by molar-refractivity contribution is 0.0916. The van der Waals surface area contributed by atoms with Gasteiger partial charge >= 0.3 is 0 Å². The van der Waals surface area contributed by atoms with Gasteiger partial charge in [-0.25, -0.2) is 4.98 Å². The molecule has 1 saturated carbocycles. The van der Waals surface area contributed by atoms with Crippen LogP contribution in [0, 0.1) is 5.92 Å². The predicted octanol–water partition coefficient (Wildman–Crippen LogP) is 2.83. The van der Waals surface area contributed by atoms with Crippen molar-refractivity contribution in [2.45, 2.75) is 38.5 Å². The Hall–Kier alpha value is -1.12. The van der Waals surface area contributed by atoms with E-state index in [0.717, 1.165) is 0 Å². The number of ketones is 1. The Morgan fingerprint density at radius 3 is 2.86 bits per heavy atom. The molecule has 3 heteroatoms. The average Bonchev–Trinajstić information content (AvgIpc) is 2.72. The van der Waals surface area contributed by atoms with Gasteiger partial charge in [-0.15, -0.1) is 0 Å².